The van der Waals surface area contributed by atoms with E-state index in [0.717, 1.165) is 28.3 Å². The van der Waals surface area contributed by atoms with Crippen molar-refractivity contribution in [1.29, 1.82) is 0 Å². The number of rotatable bonds is 4. The Morgan fingerprint density at radius 1 is 1.07 bits per heavy atom. The fraction of sp³-hybridized carbons (Fsp3) is 0.176. The number of thioether (sulfide) groups is 1. The van der Waals surface area contributed by atoms with Crippen LogP contribution in [0.15, 0.2) is 53.7 Å². The van der Waals surface area contributed by atoms with Crippen LogP contribution in [0.25, 0.3) is 16.7 Å². The summed E-state index contributed by atoms with van der Waals surface area (Å²) >= 11 is 1.42. The van der Waals surface area contributed by atoms with E-state index in [-0.39, 0.29) is 5.69 Å². The van der Waals surface area contributed by atoms with Crippen molar-refractivity contribution in [2.75, 3.05) is 0 Å². The molecule has 4 aromatic rings. The molecule has 0 unspecified atom stereocenters. The fourth-order valence-corrected chi connectivity index (χ4v) is 3.58. The van der Waals surface area contributed by atoms with Crippen LogP contribution in [0, 0.1) is 0 Å². The van der Waals surface area contributed by atoms with E-state index < -0.39 is 11.7 Å². The van der Waals surface area contributed by atoms with Crippen molar-refractivity contribution in [1.82, 2.24) is 29.8 Å². The van der Waals surface area contributed by atoms with Crippen LogP contribution >= 0.6 is 11.8 Å². The Bertz CT molecular complexity index is 1100. The van der Waals surface area contributed by atoms with E-state index in [1.54, 1.807) is 0 Å². The van der Waals surface area contributed by atoms with Gasteiger partial charge in [0.05, 0.1) is 28.0 Å². The molecule has 0 saturated heterocycles. The zero-order chi connectivity index (χ0) is 19.0. The molecule has 27 heavy (non-hydrogen) atoms. The second-order valence-electron chi connectivity index (χ2n) is 5.79. The van der Waals surface area contributed by atoms with Gasteiger partial charge in [-0.25, -0.2) is 4.98 Å². The number of fused-ring (bicyclic) bond motifs is 1. The van der Waals surface area contributed by atoms with Gasteiger partial charge < -0.3 is 4.57 Å². The van der Waals surface area contributed by atoms with Gasteiger partial charge in [-0.2, -0.15) is 17.9 Å². The van der Waals surface area contributed by atoms with Crippen molar-refractivity contribution in [3.63, 3.8) is 0 Å². The van der Waals surface area contributed by atoms with E-state index in [1.807, 2.05) is 35.9 Å². The highest BCUT2D eigenvalue weighted by Gasteiger charge is 2.30. The van der Waals surface area contributed by atoms with E-state index in [9.17, 15) is 13.2 Å². The maximum Gasteiger partial charge on any atom is 0.416 e. The van der Waals surface area contributed by atoms with Crippen LogP contribution in [0.2, 0.25) is 0 Å². The predicted octanol–water partition coefficient (Wildman–Crippen LogP) is 3.86. The van der Waals surface area contributed by atoms with Crippen molar-refractivity contribution in [3.05, 3.63) is 59.9 Å². The van der Waals surface area contributed by atoms with E-state index in [0.29, 0.717) is 11.6 Å². The smallest absolute Gasteiger partial charge is 0.322 e. The third-order valence-electron chi connectivity index (χ3n) is 4.03. The second-order valence-corrected chi connectivity index (χ2v) is 6.73. The molecule has 0 aliphatic heterocycles. The van der Waals surface area contributed by atoms with Gasteiger partial charge >= 0.3 is 6.18 Å². The average molecular weight is 390 g/mol. The zero-order valence-electron chi connectivity index (χ0n) is 14.1. The number of aromatic nitrogens is 6. The average Bonchev–Trinajstić information content (AvgIpc) is 3.24. The van der Waals surface area contributed by atoms with Gasteiger partial charge in [-0.15, -0.1) is 5.10 Å². The lowest BCUT2D eigenvalue weighted by molar-refractivity contribution is -0.137. The molecule has 6 nitrogen and oxygen atoms in total. The molecule has 2 aromatic carbocycles. The normalized spacial score (nSPS) is 12.0. The topological polar surface area (TPSA) is 61.4 Å². The van der Waals surface area contributed by atoms with Crippen molar-refractivity contribution < 1.29 is 13.2 Å². The first-order valence-corrected chi connectivity index (χ1v) is 8.91. The van der Waals surface area contributed by atoms with Crippen molar-refractivity contribution >= 4 is 22.8 Å². The van der Waals surface area contributed by atoms with Crippen molar-refractivity contribution in [2.24, 2.45) is 7.05 Å². The van der Waals surface area contributed by atoms with Crippen LogP contribution in [0.1, 0.15) is 11.4 Å². The lowest BCUT2D eigenvalue weighted by Gasteiger charge is -2.09. The number of tetrazole rings is 1. The highest BCUT2D eigenvalue weighted by molar-refractivity contribution is 7.98. The Morgan fingerprint density at radius 2 is 1.89 bits per heavy atom. The molecule has 0 aliphatic carbocycles. The van der Waals surface area contributed by atoms with Crippen molar-refractivity contribution in [2.45, 2.75) is 17.1 Å². The number of nitrogens with zero attached hydrogens (tertiary/aromatic N) is 6. The summed E-state index contributed by atoms with van der Waals surface area (Å²) in [6.45, 7) is 0. The van der Waals surface area contributed by atoms with E-state index in [1.165, 1.54) is 28.6 Å². The molecule has 0 amide bonds. The lowest BCUT2D eigenvalue weighted by atomic mass is 10.2. The van der Waals surface area contributed by atoms with Gasteiger partial charge in [-0.05, 0) is 40.8 Å². The molecule has 0 fully saturated rings. The Balaban J connectivity index is 1.60. The number of hydrogen-bond acceptors (Lipinski definition) is 5. The van der Waals surface area contributed by atoms with Gasteiger partial charge in [0, 0.05) is 7.05 Å². The summed E-state index contributed by atoms with van der Waals surface area (Å²) in [7, 11) is 1.91. The zero-order valence-corrected chi connectivity index (χ0v) is 14.9. The summed E-state index contributed by atoms with van der Waals surface area (Å²) in [5.41, 5.74) is 1.39. The van der Waals surface area contributed by atoms with Crippen LogP contribution in [0.4, 0.5) is 13.2 Å². The van der Waals surface area contributed by atoms with Gasteiger partial charge in [0.2, 0.25) is 0 Å². The lowest BCUT2D eigenvalue weighted by Crippen LogP contribution is -2.08. The standard InChI is InChI=1S/C17H13F3N6S/c1-25-14-8-3-2-7-13(14)21-16(25)27-10-15-22-23-24-26(15)12-6-4-5-11(9-12)17(18,19)20/h2-9H,10H2,1H3. The Morgan fingerprint density at radius 3 is 2.67 bits per heavy atom. The quantitative estimate of drug-likeness (QED) is 0.495. The number of para-hydroxylation sites is 2. The molecule has 0 radical (unpaired) electrons. The number of benzene rings is 2. The largest absolute Gasteiger partial charge is 0.416 e. The molecule has 10 heteroatoms. The first-order chi connectivity index (χ1) is 12.9. The number of halogens is 3. The minimum absolute atomic E-state index is 0.260. The molecular weight excluding hydrogens is 377 g/mol. The van der Waals surface area contributed by atoms with Crippen LogP contribution in [0.3, 0.4) is 0 Å². The molecule has 138 valence electrons. The number of alkyl halides is 3. The van der Waals surface area contributed by atoms with Crippen LogP contribution in [-0.2, 0) is 19.0 Å². The molecule has 0 spiro atoms. The molecule has 0 N–H and O–H groups in total. The van der Waals surface area contributed by atoms with Gasteiger partial charge in [0.15, 0.2) is 11.0 Å². The molecular formula is C17H13F3N6S. The summed E-state index contributed by atoms with van der Waals surface area (Å²) in [5.74, 6) is 0.798. The molecule has 0 aliphatic rings. The monoisotopic (exact) mass is 390 g/mol. The minimum Gasteiger partial charge on any atom is -0.322 e. The van der Waals surface area contributed by atoms with E-state index >= 15 is 0 Å². The van der Waals surface area contributed by atoms with Gasteiger partial charge in [0.25, 0.3) is 0 Å². The highest BCUT2D eigenvalue weighted by atomic mass is 32.2. The molecule has 0 bridgehead atoms. The highest BCUT2D eigenvalue weighted by Crippen LogP contribution is 2.31. The van der Waals surface area contributed by atoms with Gasteiger partial charge in [-0.1, -0.05) is 30.0 Å². The number of hydrogen-bond donors (Lipinski definition) is 0. The minimum atomic E-state index is -4.42. The molecule has 2 aromatic heterocycles. The van der Waals surface area contributed by atoms with Crippen LogP contribution in [0.5, 0.6) is 0 Å². The summed E-state index contributed by atoms with van der Waals surface area (Å²) in [4.78, 5) is 4.56. The maximum absolute atomic E-state index is 12.9. The van der Waals surface area contributed by atoms with E-state index in [2.05, 4.69) is 20.5 Å². The second kappa shape index (κ2) is 6.69. The Hall–Kier alpha value is -2.88. The molecule has 2 heterocycles. The van der Waals surface area contributed by atoms with Crippen LogP contribution < -0.4 is 0 Å². The van der Waals surface area contributed by atoms with E-state index in [4.69, 9.17) is 0 Å². The first kappa shape index (κ1) is 17.5. The summed E-state index contributed by atoms with van der Waals surface area (Å²) in [6.07, 6.45) is -4.42. The summed E-state index contributed by atoms with van der Waals surface area (Å²) in [5, 5.41) is 12.2. The number of aryl methyl sites for hydroxylation is 1. The first-order valence-electron chi connectivity index (χ1n) is 7.92. The van der Waals surface area contributed by atoms with Crippen molar-refractivity contribution in [3.8, 4) is 5.69 Å². The van der Waals surface area contributed by atoms with Gasteiger partial charge in [-0.3, -0.25) is 0 Å². The summed E-state index contributed by atoms with van der Waals surface area (Å²) in [6, 6.07) is 12.7. The molecule has 4 rings (SSSR count). The van der Waals surface area contributed by atoms with Crippen LogP contribution in [-0.4, -0.2) is 29.8 Å². The Labute approximate surface area is 156 Å². The number of imidazole rings is 1. The fourth-order valence-electron chi connectivity index (χ4n) is 2.69. The Kier molecular flexibility index (Phi) is 4.34. The molecule has 0 saturated carbocycles. The molecule has 0 atom stereocenters. The van der Waals surface area contributed by atoms with Gasteiger partial charge in [0.1, 0.15) is 0 Å². The predicted molar refractivity (Wildman–Crippen MR) is 94.4 cm³/mol. The summed E-state index contributed by atoms with van der Waals surface area (Å²) < 4.78 is 42.1. The maximum atomic E-state index is 12.9. The SMILES string of the molecule is Cn1c(SCc2nnnn2-c2cccc(C(F)(F)F)c2)nc2ccccc21. The third-order valence-corrected chi connectivity index (χ3v) is 5.05. The third kappa shape index (κ3) is 3.39.